The van der Waals surface area contributed by atoms with E-state index in [1.807, 2.05) is 30.3 Å². The molecule has 154 valence electrons. The molecule has 5 nitrogen and oxygen atoms in total. The summed E-state index contributed by atoms with van der Waals surface area (Å²) >= 11 is 12.5. The maximum atomic E-state index is 12.8. The van der Waals surface area contributed by atoms with Crippen molar-refractivity contribution in [2.75, 3.05) is 18.4 Å². The van der Waals surface area contributed by atoms with Gasteiger partial charge < -0.3 is 16.0 Å². The van der Waals surface area contributed by atoms with Gasteiger partial charge in [-0.3, -0.25) is 9.59 Å². The largest absolute Gasteiger partial charge is 0.352 e. The number of hydrogen-bond acceptors (Lipinski definition) is 3. The Morgan fingerprint density at radius 1 is 1.21 bits per heavy atom. The minimum Gasteiger partial charge on any atom is -0.352 e. The Hall–Kier alpha value is -2.08. The molecule has 1 aliphatic heterocycles. The molecule has 1 unspecified atom stereocenters. The molecule has 0 bridgehead atoms. The van der Waals surface area contributed by atoms with Crippen molar-refractivity contribution in [1.82, 2.24) is 10.6 Å². The molecule has 1 aliphatic rings. The van der Waals surface area contributed by atoms with Crippen molar-refractivity contribution >= 4 is 40.7 Å². The van der Waals surface area contributed by atoms with Crippen LogP contribution in [-0.2, 0) is 22.4 Å². The van der Waals surface area contributed by atoms with E-state index in [0.29, 0.717) is 28.1 Å². The van der Waals surface area contributed by atoms with E-state index in [0.717, 1.165) is 30.6 Å². The number of anilines is 1. The first-order valence-electron chi connectivity index (χ1n) is 9.72. The van der Waals surface area contributed by atoms with Crippen LogP contribution < -0.4 is 16.0 Å². The smallest absolute Gasteiger partial charge is 0.224 e. The molecule has 1 fully saturated rings. The highest BCUT2D eigenvalue weighted by atomic mass is 35.5. The summed E-state index contributed by atoms with van der Waals surface area (Å²) in [4.78, 5) is 24.0. The van der Waals surface area contributed by atoms with Crippen LogP contribution in [0.2, 0.25) is 10.0 Å². The number of benzene rings is 2. The van der Waals surface area contributed by atoms with Crippen LogP contribution in [0.25, 0.3) is 0 Å². The number of nitrogens with one attached hydrogen (secondary N) is 3. The molecule has 2 amide bonds. The second-order valence-electron chi connectivity index (χ2n) is 7.40. The highest BCUT2D eigenvalue weighted by Gasteiger charge is 2.27. The van der Waals surface area contributed by atoms with E-state index in [1.165, 1.54) is 6.92 Å². The van der Waals surface area contributed by atoms with Crippen molar-refractivity contribution in [2.24, 2.45) is 5.92 Å². The average molecular weight is 434 g/mol. The Kier molecular flexibility index (Phi) is 7.53. The van der Waals surface area contributed by atoms with Gasteiger partial charge in [0.2, 0.25) is 11.8 Å². The monoisotopic (exact) mass is 433 g/mol. The van der Waals surface area contributed by atoms with Gasteiger partial charge in [-0.2, -0.15) is 0 Å². The highest BCUT2D eigenvalue weighted by molar-refractivity contribution is 6.42. The normalized spacial score (nSPS) is 17.0. The predicted octanol–water partition coefficient (Wildman–Crippen LogP) is 3.83. The Morgan fingerprint density at radius 3 is 2.72 bits per heavy atom. The summed E-state index contributed by atoms with van der Waals surface area (Å²) in [5.41, 5.74) is 2.46. The standard InChI is InChI=1S/C22H25Cl2N3O2/c1-14(28)26-18-6-2-4-15(10-18)11-21(29)27-20(17-8-9-25-13-17)12-16-5-3-7-19(23)22(16)24/h2-7,10,17,20,25H,8-9,11-13H2,1H3,(H,26,28)(H,27,29)/t17-,20?/m0/s1. The van der Waals surface area contributed by atoms with Gasteiger partial charge in [0.25, 0.3) is 0 Å². The molecule has 0 saturated carbocycles. The molecule has 0 spiro atoms. The molecule has 0 aromatic heterocycles. The van der Waals surface area contributed by atoms with Gasteiger partial charge in [-0.25, -0.2) is 0 Å². The second kappa shape index (κ2) is 10.1. The van der Waals surface area contributed by atoms with E-state index in [9.17, 15) is 9.59 Å². The van der Waals surface area contributed by atoms with Gasteiger partial charge in [0.15, 0.2) is 0 Å². The molecule has 1 heterocycles. The number of rotatable bonds is 7. The van der Waals surface area contributed by atoms with Crippen LogP contribution in [0.4, 0.5) is 5.69 Å². The van der Waals surface area contributed by atoms with E-state index in [2.05, 4.69) is 16.0 Å². The summed E-state index contributed by atoms with van der Waals surface area (Å²) in [6.07, 6.45) is 1.87. The maximum Gasteiger partial charge on any atom is 0.224 e. The van der Waals surface area contributed by atoms with Gasteiger partial charge in [-0.1, -0.05) is 47.5 Å². The maximum absolute atomic E-state index is 12.8. The van der Waals surface area contributed by atoms with Crippen LogP contribution in [-0.4, -0.2) is 30.9 Å². The Labute approximate surface area is 181 Å². The van der Waals surface area contributed by atoms with Crippen molar-refractivity contribution in [3.05, 3.63) is 63.6 Å². The van der Waals surface area contributed by atoms with E-state index >= 15 is 0 Å². The van der Waals surface area contributed by atoms with Crippen LogP contribution in [0.1, 0.15) is 24.5 Å². The topological polar surface area (TPSA) is 70.2 Å². The van der Waals surface area contributed by atoms with Crippen molar-refractivity contribution < 1.29 is 9.59 Å². The van der Waals surface area contributed by atoms with Gasteiger partial charge in [-0.15, -0.1) is 0 Å². The summed E-state index contributed by atoms with van der Waals surface area (Å²) in [7, 11) is 0. The lowest BCUT2D eigenvalue weighted by molar-refractivity contribution is -0.121. The van der Waals surface area contributed by atoms with Crippen molar-refractivity contribution in [3.8, 4) is 0 Å². The number of carbonyl (C=O) groups is 2. The Bertz CT molecular complexity index is 882. The third-order valence-corrected chi connectivity index (χ3v) is 5.96. The zero-order valence-corrected chi connectivity index (χ0v) is 17.8. The summed E-state index contributed by atoms with van der Waals surface area (Å²) in [6.45, 7) is 3.26. The zero-order valence-electron chi connectivity index (χ0n) is 16.3. The van der Waals surface area contributed by atoms with E-state index in [-0.39, 0.29) is 24.3 Å². The summed E-state index contributed by atoms with van der Waals surface area (Å²) < 4.78 is 0. The number of amides is 2. The second-order valence-corrected chi connectivity index (χ2v) is 8.19. The molecule has 2 aromatic rings. The van der Waals surface area contributed by atoms with Gasteiger partial charge in [0, 0.05) is 18.7 Å². The van der Waals surface area contributed by atoms with E-state index in [4.69, 9.17) is 23.2 Å². The molecule has 2 atom stereocenters. The van der Waals surface area contributed by atoms with Crippen molar-refractivity contribution in [1.29, 1.82) is 0 Å². The van der Waals surface area contributed by atoms with Gasteiger partial charge >= 0.3 is 0 Å². The summed E-state index contributed by atoms with van der Waals surface area (Å²) in [6, 6.07) is 12.9. The molecule has 29 heavy (non-hydrogen) atoms. The van der Waals surface area contributed by atoms with Gasteiger partial charge in [0.1, 0.15) is 0 Å². The Morgan fingerprint density at radius 2 is 2.00 bits per heavy atom. The predicted molar refractivity (Wildman–Crippen MR) is 118 cm³/mol. The van der Waals surface area contributed by atoms with Crippen molar-refractivity contribution in [2.45, 2.75) is 32.2 Å². The summed E-state index contributed by atoms with van der Waals surface area (Å²) in [5, 5.41) is 10.4. The molecule has 1 saturated heterocycles. The van der Waals surface area contributed by atoms with Crippen LogP contribution >= 0.6 is 23.2 Å². The van der Waals surface area contributed by atoms with Gasteiger partial charge in [-0.05, 0) is 61.2 Å². The van der Waals surface area contributed by atoms with Crippen LogP contribution in [0.5, 0.6) is 0 Å². The molecular weight excluding hydrogens is 409 g/mol. The number of hydrogen-bond donors (Lipinski definition) is 3. The molecule has 0 aliphatic carbocycles. The third-order valence-electron chi connectivity index (χ3n) is 5.10. The first-order chi connectivity index (χ1) is 13.9. The lowest BCUT2D eigenvalue weighted by Crippen LogP contribution is -2.43. The number of halogens is 2. The number of carbonyl (C=O) groups excluding carboxylic acids is 2. The lowest BCUT2D eigenvalue weighted by Gasteiger charge is -2.25. The average Bonchev–Trinajstić information content (AvgIpc) is 3.19. The van der Waals surface area contributed by atoms with Crippen LogP contribution in [0.15, 0.2) is 42.5 Å². The molecule has 2 aromatic carbocycles. The van der Waals surface area contributed by atoms with Gasteiger partial charge in [0.05, 0.1) is 16.5 Å². The fourth-order valence-electron chi connectivity index (χ4n) is 3.70. The van der Waals surface area contributed by atoms with E-state index < -0.39 is 0 Å². The Balaban J connectivity index is 1.70. The first kappa shape index (κ1) is 21.6. The van der Waals surface area contributed by atoms with Crippen LogP contribution in [0, 0.1) is 5.92 Å². The highest BCUT2D eigenvalue weighted by Crippen LogP contribution is 2.28. The third kappa shape index (κ3) is 6.20. The van der Waals surface area contributed by atoms with E-state index in [1.54, 1.807) is 12.1 Å². The molecule has 3 rings (SSSR count). The minimum atomic E-state index is -0.140. The zero-order chi connectivity index (χ0) is 20.8. The molecule has 0 radical (unpaired) electrons. The van der Waals surface area contributed by atoms with Crippen molar-refractivity contribution in [3.63, 3.8) is 0 Å². The lowest BCUT2D eigenvalue weighted by atomic mass is 9.92. The molecule has 3 N–H and O–H groups in total. The fraction of sp³-hybridized carbons (Fsp3) is 0.364. The SMILES string of the molecule is CC(=O)Nc1cccc(CC(=O)NC(Cc2cccc(Cl)c2Cl)[C@H]2CCNC2)c1. The summed E-state index contributed by atoms with van der Waals surface area (Å²) in [5.74, 6) is 0.138. The van der Waals surface area contributed by atoms with Crippen LogP contribution in [0.3, 0.4) is 0 Å². The fourth-order valence-corrected chi connectivity index (χ4v) is 4.10. The molecular formula is C22H25Cl2N3O2. The quantitative estimate of drug-likeness (QED) is 0.621. The minimum absolute atomic E-state index is 0.0352. The molecule has 7 heteroatoms. The first-order valence-corrected chi connectivity index (χ1v) is 10.5.